The van der Waals surface area contributed by atoms with E-state index in [0.717, 1.165) is 29.9 Å². The highest BCUT2D eigenvalue weighted by atomic mass is 15.5. The molecule has 1 aromatic carbocycles. The highest BCUT2D eigenvalue weighted by Gasteiger charge is 2.08. The van der Waals surface area contributed by atoms with E-state index in [1.807, 2.05) is 28.9 Å². The maximum absolute atomic E-state index is 5.60. The third-order valence-electron chi connectivity index (χ3n) is 3.20. The number of unbranched alkanes of at least 4 members (excludes halogenated alkanes) is 3. The van der Waals surface area contributed by atoms with Crippen LogP contribution >= 0.6 is 0 Å². The van der Waals surface area contributed by atoms with Crippen molar-refractivity contribution in [3.8, 4) is 11.4 Å². The van der Waals surface area contributed by atoms with E-state index in [1.165, 1.54) is 19.3 Å². The first kappa shape index (κ1) is 13.7. The number of aromatic nitrogens is 4. The SMILES string of the molecule is CCCCCCn1nnnc1-c1ccc(CN)cc1. The molecule has 1 aromatic heterocycles. The lowest BCUT2D eigenvalue weighted by Crippen LogP contribution is -2.03. The Bertz CT molecular complexity index is 489. The molecule has 0 saturated carbocycles. The van der Waals surface area contributed by atoms with Crippen LogP contribution in [0.3, 0.4) is 0 Å². The van der Waals surface area contributed by atoms with E-state index in [2.05, 4.69) is 22.4 Å². The summed E-state index contributed by atoms with van der Waals surface area (Å²) in [5.41, 5.74) is 7.75. The van der Waals surface area contributed by atoms with Crippen LogP contribution < -0.4 is 5.73 Å². The van der Waals surface area contributed by atoms with Crippen molar-refractivity contribution in [2.45, 2.75) is 45.7 Å². The molecule has 0 unspecified atom stereocenters. The lowest BCUT2D eigenvalue weighted by Gasteiger charge is -2.05. The Hall–Kier alpha value is -1.75. The van der Waals surface area contributed by atoms with Crippen LogP contribution in [0.4, 0.5) is 0 Å². The van der Waals surface area contributed by atoms with Gasteiger partial charge in [-0.05, 0) is 22.4 Å². The molecular weight excluding hydrogens is 238 g/mol. The normalized spacial score (nSPS) is 10.8. The fourth-order valence-electron chi connectivity index (χ4n) is 2.04. The Balaban J connectivity index is 2.05. The van der Waals surface area contributed by atoms with Gasteiger partial charge in [0.15, 0.2) is 5.82 Å². The second kappa shape index (κ2) is 6.99. The first-order chi connectivity index (χ1) is 9.35. The number of nitrogens with zero attached hydrogens (tertiary/aromatic N) is 4. The molecule has 5 heteroatoms. The van der Waals surface area contributed by atoms with Gasteiger partial charge in [0, 0.05) is 18.7 Å². The highest BCUT2D eigenvalue weighted by Crippen LogP contribution is 2.17. The average Bonchev–Trinajstić information content (AvgIpc) is 2.92. The molecule has 0 saturated heterocycles. The molecule has 0 fully saturated rings. The third kappa shape index (κ3) is 3.61. The van der Waals surface area contributed by atoms with Crippen molar-refractivity contribution in [3.05, 3.63) is 29.8 Å². The number of rotatable bonds is 7. The lowest BCUT2D eigenvalue weighted by atomic mass is 10.1. The van der Waals surface area contributed by atoms with Gasteiger partial charge in [-0.15, -0.1) is 5.10 Å². The van der Waals surface area contributed by atoms with Gasteiger partial charge in [0.25, 0.3) is 0 Å². The number of hydrogen-bond donors (Lipinski definition) is 1. The molecule has 5 nitrogen and oxygen atoms in total. The zero-order valence-electron chi connectivity index (χ0n) is 11.4. The van der Waals surface area contributed by atoms with Crippen LogP contribution in [0.15, 0.2) is 24.3 Å². The molecule has 0 spiro atoms. The molecular formula is C14H21N5. The number of nitrogens with two attached hydrogens (primary N) is 1. The van der Waals surface area contributed by atoms with Crippen molar-refractivity contribution in [2.24, 2.45) is 5.73 Å². The van der Waals surface area contributed by atoms with Gasteiger partial charge in [-0.25, -0.2) is 4.68 Å². The molecule has 0 amide bonds. The monoisotopic (exact) mass is 259 g/mol. The van der Waals surface area contributed by atoms with Crippen LogP contribution in [-0.4, -0.2) is 20.2 Å². The summed E-state index contributed by atoms with van der Waals surface area (Å²) in [6.45, 7) is 3.64. The summed E-state index contributed by atoms with van der Waals surface area (Å²) in [6.07, 6.45) is 4.85. The summed E-state index contributed by atoms with van der Waals surface area (Å²) in [5, 5.41) is 12.0. The average molecular weight is 259 g/mol. The van der Waals surface area contributed by atoms with Crippen LogP contribution in [0, 0.1) is 0 Å². The minimum Gasteiger partial charge on any atom is -0.326 e. The second-order valence-electron chi connectivity index (χ2n) is 4.69. The maximum atomic E-state index is 5.60. The van der Waals surface area contributed by atoms with E-state index in [4.69, 9.17) is 5.73 Å². The summed E-state index contributed by atoms with van der Waals surface area (Å²) in [7, 11) is 0. The Morgan fingerprint density at radius 2 is 1.89 bits per heavy atom. The summed E-state index contributed by atoms with van der Waals surface area (Å²) in [5.74, 6) is 0.833. The second-order valence-corrected chi connectivity index (χ2v) is 4.69. The van der Waals surface area contributed by atoms with Crippen LogP contribution in [0.5, 0.6) is 0 Å². The predicted molar refractivity (Wildman–Crippen MR) is 75.3 cm³/mol. The Labute approximate surface area is 113 Å². The fourth-order valence-corrected chi connectivity index (χ4v) is 2.04. The van der Waals surface area contributed by atoms with Crippen LogP contribution in [0.25, 0.3) is 11.4 Å². The molecule has 0 bridgehead atoms. The molecule has 0 aliphatic carbocycles. The van der Waals surface area contributed by atoms with Gasteiger partial charge in [0.1, 0.15) is 0 Å². The molecule has 0 radical (unpaired) electrons. The van der Waals surface area contributed by atoms with Gasteiger partial charge in [0.05, 0.1) is 0 Å². The minimum atomic E-state index is 0.558. The maximum Gasteiger partial charge on any atom is 0.182 e. The molecule has 102 valence electrons. The molecule has 1 heterocycles. The van der Waals surface area contributed by atoms with Gasteiger partial charge in [-0.2, -0.15) is 0 Å². The molecule has 0 aliphatic rings. The van der Waals surface area contributed by atoms with Crippen molar-refractivity contribution in [1.82, 2.24) is 20.2 Å². The van der Waals surface area contributed by atoms with E-state index in [0.29, 0.717) is 6.54 Å². The van der Waals surface area contributed by atoms with Crippen molar-refractivity contribution >= 4 is 0 Å². The van der Waals surface area contributed by atoms with Crippen molar-refractivity contribution in [1.29, 1.82) is 0 Å². The van der Waals surface area contributed by atoms with Crippen LogP contribution in [0.1, 0.15) is 38.2 Å². The number of hydrogen-bond acceptors (Lipinski definition) is 4. The molecule has 19 heavy (non-hydrogen) atoms. The highest BCUT2D eigenvalue weighted by molar-refractivity contribution is 5.54. The zero-order valence-corrected chi connectivity index (χ0v) is 11.4. The predicted octanol–water partition coefficient (Wildman–Crippen LogP) is 2.38. The molecule has 2 rings (SSSR count). The first-order valence-electron chi connectivity index (χ1n) is 6.90. The van der Waals surface area contributed by atoms with Gasteiger partial charge in [-0.1, -0.05) is 50.5 Å². The fraction of sp³-hybridized carbons (Fsp3) is 0.500. The van der Waals surface area contributed by atoms with Crippen molar-refractivity contribution in [2.75, 3.05) is 0 Å². The van der Waals surface area contributed by atoms with Gasteiger partial charge in [0.2, 0.25) is 0 Å². The summed E-state index contributed by atoms with van der Waals surface area (Å²) < 4.78 is 1.88. The van der Waals surface area contributed by atoms with Gasteiger partial charge >= 0.3 is 0 Å². The van der Waals surface area contributed by atoms with E-state index < -0.39 is 0 Å². The van der Waals surface area contributed by atoms with E-state index >= 15 is 0 Å². The van der Waals surface area contributed by atoms with Gasteiger partial charge in [-0.3, -0.25) is 0 Å². The summed E-state index contributed by atoms with van der Waals surface area (Å²) in [4.78, 5) is 0. The van der Waals surface area contributed by atoms with E-state index in [1.54, 1.807) is 0 Å². The van der Waals surface area contributed by atoms with Crippen LogP contribution in [-0.2, 0) is 13.1 Å². The smallest absolute Gasteiger partial charge is 0.182 e. The molecule has 2 N–H and O–H groups in total. The Morgan fingerprint density at radius 1 is 1.11 bits per heavy atom. The zero-order chi connectivity index (χ0) is 13.5. The minimum absolute atomic E-state index is 0.558. The molecule has 2 aromatic rings. The standard InChI is InChI=1S/C14H21N5/c1-2-3-4-5-10-19-14(16-17-18-19)13-8-6-12(11-15)7-9-13/h6-9H,2-5,10-11,15H2,1H3. The Morgan fingerprint density at radius 3 is 2.58 bits per heavy atom. The number of benzene rings is 1. The van der Waals surface area contributed by atoms with E-state index in [9.17, 15) is 0 Å². The van der Waals surface area contributed by atoms with E-state index in [-0.39, 0.29) is 0 Å². The number of aryl methyl sites for hydroxylation is 1. The van der Waals surface area contributed by atoms with Crippen molar-refractivity contribution in [3.63, 3.8) is 0 Å². The molecule has 0 atom stereocenters. The largest absolute Gasteiger partial charge is 0.326 e. The third-order valence-corrected chi connectivity index (χ3v) is 3.20. The quantitative estimate of drug-likeness (QED) is 0.775. The van der Waals surface area contributed by atoms with Crippen LogP contribution in [0.2, 0.25) is 0 Å². The van der Waals surface area contributed by atoms with Crippen molar-refractivity contribution < 1.29 is 0 Å². The summed E-state index contributed by atoms with van der Waals surface area (Å²) in [6, 6.07) is 8.09. The van der Waals surface area contributed by atoms with Gasteiger partial charge < -0.3 is 5.73 Å². The first-order valence-corrected chi connectivity index (χ1v) is 6.90. The molecule has 0 aliphatic heterocycles. The Kier molecular flexibility index (Phi) is 5.03. The lowest BCUT2D eigenvalue weighted by molar-refractivity contribution is 0.531. The summed E-state index contributed by atoms with van der Waals surface area (Å²) >= 11 is 0. The number of tetrazole rings is 1. The topological polar surface area (TPSA) is 69.6 Å².